The minimum atomic E-state index is -0.897. The summed E-state index contributed by atoms with van der Waals surface area (Å²) in [6.45, 7) is 12.5. The minimum Gasteiger partial charge on any atom is -0.391 e. The smallest absolute Gasteiger partial charge is 0.246 e. The number of rotatable bonds is 11. The number of hydrogen-bond donors (Lipinski definition) is 3. The van der Waals surface area contributed by atoms with Crippen LogP contribution in [-0.4, -0.2) is 110 Å². The summed E-state index contributed by atoms with van der Waals surface area (Å²) in [5.74, 6) is -0.974. The zero-order chi connectivity index (χ0) is 43.5. The van der Waals surface area contributed by atoms with E-state index in [0.717, 1.165) is 73.8 Å². The number of aliphatic hydroxyl groups excluding tert-OH is 1. The monoisotopic (exact) mass is 851 g/mol. The first-order valence-electron chi connectivity index (χ1n) is 21.2. The maximum Gasteiger partial charge on any atom is 0.246 e. The molecule has 13 nitrogen and oxygen atoms in total. The van der Waals surface area contributed by atoms with Crippen LogP contribution < -0.4 is 15.5 Å². The summed E-state index contributed by atoms with van der Waals surface area (Å²) in [5, 5.41) is 26.6. The summed E-state index contributed by atoms with van der Waals surface area (Å²) in [6.07, 6.45) is 2.83. The van der Waals surface area contributed by atoms with Gasteiger partial charge >= 0.3 is 0 Å². The van der Waals surface area contributed by atoms with Crippen LogP contribution in [0, 0.1) is 12.3 Å². The Morgan fingerprint density at radius 2 is 1.61 bits per heavy atom. The average Bonchev–Trinajstić information content (AvgIpc) is 3.90. The van der Waals surface area contributed by atoms with Gasteiger partial charge in [0.2, 0.25) is 17.7 Å². The molecule has 320 valence electrons. The number of para-hydroxylation sites is 1. The number of anilines is 1. The Morgan fingerprint density at radius 1 is 0.887 bits per heavy atom. The number of aliphatic hydroxyl groups is 1. The molecule has 0 saturated carbocycles. The maximum absolute atomic E-state index is 14.2. The average molecular weight is 852 g/mol. The number of benzene rings is 3. The Kier molecular flexibility index (Phi) is 12.4. The summed E-state index contributed by atoms with van der Waals surface area (Å²) >= 11 is 1.59. The second-order valence-corrected chi connectivity index (χ2v) is 18.3. The van der Waals surface area contributed by atoms with Gasteiger partial charge in [0, 0.05) is 67.5 Å². The fraction of sp³-hybridized carbons (Fsp3) is 0.354. The first kappa shape index (κ1) is 42.6. The van der Waals surface area contributed by atoms with E-state index in [-0.39, 0.29) is 43.3 Å². The summed E-state index contributed by atoms with van der Waals surface area (Å²) in [7, 11) is 0. The van der Waals surface area contributed by atoms with Gasteiger partial charge in [-0.05, 0) is 60.2 Å². The van der Waals surface area contributed by atoms with Crippen LogP contribution in [0.2, 0.25) is 0 Å². The lowest BCUT2D eigenvalue weighted by Crippen LogP contribution is -2.59. The highest BCUT2D eigenvalue weighted by molar-refractivity contribution is 7.13. The van der Waals surface area contributed by atoms with Crippen molar-refractivity contribution in [2.24, 2.45) is 5.41 Å². The lowest BCUT2D eigenvalue weighted by molar-refractivity contribution is -0.144. The highest BCUT2D eigenvalue weighted by Crippen LogP contribution is 2.32. The van der Waals surface area contributed by atoms with Crippen LogP contribution in [0.1, 0.15) is 51.4 Å². The summed E-state index contributed by atoms with van der Waals surface area (Å²) < 4.78 is 0. The molecular formula is C48H53N9O4S. The van der Waals surface area contributed by atoms with E-state index >= 15 is 0 Å². The number of fused-ring (bicyclic) bond motifs is 1. The molecule has 3 aromatic heterocycles. The molecule has 14 heteroatoms. The van der Waals surface area contributed by atoms with Gasteiger partial charge in [-0.3, -0.25) is 24.3 Å². The van der Waals surface area contributed by atoms with E-state index in [0.29, 0.717) is 13.1 Å². The Hall–Kier alpha value is -6.09. The Morgan fingerprint density at radius 3 is 2.32 bits per heavy atom. The van der Waals surface area contributed by atoms with E-state index in [1.165, 1.54) is 4.90 Å². The van der Waals surface area contributed by atoms with Gasteiger partial charge in [0.05, 0.1) is 52.2 Å². The topological polar surface area (TPSA) is 157 Å². The van der Waals surface area contributed by atoms with Crippen molar-refractivity contribution in [1.82, 2.24) is 40.6 Å². The van der Waals surface area contributed by atoms with Crippen molar-refractivity contribution < 1.29 is 19.5 Å². The van der Waals surface area contributed by atoms with Crippen molar-refractivity contribution in [2.45, 2.75) is 65.3 Å². The van der Waals surface area contributed by atoms with Gasteiger partial charge < -0.3 is 25.5 Å². The van der Waals surface area contributed by atoms with Crippen molar-refractivity contribution in [3.63, 3.8) is 0 Å². The van der Waals surface area contributed by atoms with Gasteiger partial charge in [0.1, 0.15) is 12.1 Å². The van der Waals surface area contributed by atoms with E-state index in [1.807, 2.05) is 101 Å². The molecule has 5 heterocycles. The van der Waals surface area contributed by atoms with Crippen molar-refractivity contribution in [2.75, 3.05) is 44.2 Å². The third kappa shape index (κ3) is 9.37. The second kappa shape index (κ2) is 18.1. The number of nitrogens with one attached hydrogen (secondary N) is 2. The molecule has 3 N–H and O–H groups in total. The molecule has 2 aliphatic rings. The third-order valence-electron chi connectivity index (χ3n) is 11.9. The van der Waals surface area contributed by atoms with E-state index in [2.05, 4.69) is 64.9 Å². The highest BCUT2D eigenvalue weighted by Gasteiger charge is 2.45. The number of hydrogen-bond acceptors (Lipinski definition) is 11. The van der Waals surface area contributed by atoms with E-state index in [9.17, 15) is 19.5 Å². The number of carbonyl (C=O) groups excluding carboxylic acids is 3. The molecular weight excluding hydrogens is 799 g/mol. The molecule has 0 aliphatic carbocycles. The van der Waals surface area contributed by atoms with Crippen molar-refractivity contribution in [3.05, 3.63) is 114 Å². The van der Waals surface area contributed by atoms with Gasteiger partial charge in [0.15, 0.2) is 0 Å². The number of aryl methyl sites for hydroxylation is 1. The molecule has 1 unspecified atom stereocenters. The van der Waals surface area contributed by atoms with Gasteiger partial charge in [-0.1, -0.05) is 81.4 Å². The molecule has 0 bridgehead atoms. The highest BCUT2D eigenvalue weighted by atomic mass is 32.1. The first-order chi connectivity index (χ1) is 29.8. The SMILES string of the molecule is Cc1ncsc1-c1ccc([C@H](C)NC(=O)[C@@H]2C[C@@H](O)CN2C(=O)C(NC(=O)CN2CCN(c3ccc(-c4cnnc(-c5cccc6cccnc56)c4)cc3)CC2)C(C)(C)C)cc1. The zero-order valence-electron chi connectivity index (χ0n) is 35.8. The number of β-amino-alcohol motifs (C(OH)–C–C–N with tert-alkyl or cyclic N) is 1. The van der Waals surface area contributed by atoms with Gasteiger partial charge in [0.25, 0.3) is 0 Å². The number of pyridine rings is 1. The predicted octanol–water partition coefficient (Wildman–Crippen LogP) is 6.28. The number of piperazine rings is 1. The number of thiazole rings is 1. The molecule has 0 radical (unpaired) electrons. The molecule has 62 heavy (non-hydrogen) atoms. The number of carbonyl (C=O) groups is 3. The van der Waals surface area contributed by atoms with E-state index < -0.39 is 23.6 Å². The molecule has 3 amide bonds. The molecule has 8 rings (SSSR count). The van der Waals surface area contributed by atoms with Crippen LogP contribution in [-0.2, 0) is 14.4 Å². The van der Waals surface area contributed by atoms with Crippen LogP contribution in [0.3, 0.4) is 0 Å². The second-order valence-electron chi connectivity index (χ2n) is 17.4. The van der Waals surface area contributed by atoms with Gasteiger partial charge in [-0.25, -0.2) is 4.98 Å². The number of aromatic nitrogens is 4. The van der Waals surface area contributed by atoms with Crippen molar-refractivity contribution >= 4 is 45.6 Å². The lowest BCUT2D eigenvalue weighted by atomic mass is 9.85. The quantitative estimate of drug-likeness (QED) is 0.136. The lowest BCUT2D eigenvalue weighted by Gasteiger charge is -2.37. The van der Waals surface area contributed by atoms with Gasteiger partial charge in [-0.15, -0.1) is 11.3 Å². The fourth-order valence-corrected chi connectivity index (χ4v) is 9.23. The normalized spacial score (nSPS) is 18.1. The molecule has 6 aromatic rings. The van der Waals surface area contributed by atoms with Crippen LogP contribution >= 0.6 is 11.3 Å². The fourth-order valence-electron chi connectivity index (χ4n) is 8.42. The number of amides is 3. The Balaban J connectivity index is 0.850. The standard InChI is InChI=1S/C48H53N9O4S/c1-30(32-11-13-35(14-12-32)44-31(2)50-29-62-44)52-46(60)41-25-38(58)27-57(41)47(61)45(48(3,4)5)53-42(59)28-55-20-22-56(23-21-55)37-17-15-33(16-18-37)36-24-40(54-51-26-36)39-10-6-8-34-9-7-19-49-43(34)39/h6-19,24,26,29-30,38,41,45,58H,20-23,25,27-28H2,1-5H3,(H,52,60)(H,53,59)/t30-,38+,41-,45?/m0/s1. The Labute approximate surface area is 366 Å². The summed E-state index contributed by atoms with van der Waals surface area (Å²) in [6, 6.07) is 26.4. The van der Waals surface area contributed by atoms with Crippen LogP contribution in [0.5, 0.6) is 0 Å². The van der Waals surface area contributed by atoms with Crippen molar-refractivity contribution in [3.8, 4) is 32.8 Å². The minimum absolute atomic E-state index is 0.0168. The maximum atomic E-state index is 14.2. The molecule has 0 spiro atoms. The molecule has 2 saturated heterocycles. The van der Waals surface area contributed by atoms with E-state index in [4.69, 9.17) is 0 Å². The van der Waals surface area contributed by atoms with Crippen LogP contribution in [0.4, 0.5) is 5.69 Å². The first-order valence-corrected chi connectivity index (χ1v) is 22.0. The van der Waals surface area contributed by atoms with E-state index in [1.54, 1.807) is 23.7 Å². The molecule has 2 fully saturated rings. The molecule has 4 atom stereocenters. The number of nitrogens with zero attached hydrogens (tertiary/aromatic N) is 7. The molecule has 2 aliphatic heterocycles. The zero-order valence-corrected chi connectivity index (χ0v) is 36.6. The third-order valence-corrected chi connectivity index (χ3v) is 12.9. The summed E-state index contributed by atoms with van der Waals surface area (Å²) in [5.41, 5.74) is 9.82. The number of likely N-dealkylation sites (tertiary alicyclic amines) is 1. The predicted molar refractivity (Wildman–Crippen MR) is 243 cm³/mol. The Bertz CT molecular complexity index is 2540. The summed E-state index contributed by atoms with van der Waals surface area (Å²) in [4.78, 5) is 57.5. The van der Waals surface area contributed by atoms with Crippen LogP contribution in [0.25, 0.3) is 43.7 Å². The van der Waals surface area contributed by atoms with Crippen molar-refractivity contribution in [1.29, 1.82) is 0 Å². The molecule has 3 aromatic carbocycles. The van der Waals surface area contributed by atoms with Crippen LogP contribution in [0.15, 0.2) is 103 Å². The van der Waals surface area contributed by atoms with Gasteiger partial charge in [-0.2, -0.15) is 10.2 Å². The largest absolute Gasteiger partial charge is 0.391 e.